The van der Waals surface area contributed by atoms with Crippen LogP contribution in [0.4, 0.5) is 10.1 Å². The summed E-state index contributed by atoms with van der Waals surface area (Å²) in [6.07, 6.45) is 6.06. The van der Waals surface area contributed by atoms with Crippen LogP contribution < -0.4 is 10.5 Å². The maximum Gasteiger partial charge on any atom is 0.240 e. The lowest BCUT2D eigenvalue weighted by molar-refractivity contribution is 0.571. The van der Waals surface area contributed by atoms with Gasteiger partial charge in [0.25, 0.3) is 0 Å². The normalized spacial score (nSPS) is 11.7. The van der Waals surface area contributed by atoms with Gasteiger partial charge in [-0.15, -0.1) is 0 Å². The van der Waals surface area contributed by atoms with Gasteiger partial charge in [0.2, 0.25) is 10.0 Å². The Labute approximate surface area is 124 Å². The van der Waals surface area contributed by atoms with E-state index < -0.39 is 15.8 Å². The lowest BCUT2D eigenvalue weighted by Crippen LogP contribution is -2.25. The zero-order valence-corrected chi connectivity index (χ0v) is 13.2. The molecule has 0 fully saturated rings. The second-order valence-electron chi connectivity index (χ2n) is 4.53. The van der Waals surface area contributed by atoms with Crippen LogP contribution in [0.15, 0.2) is 23.1 Å². The largest absolute Gasteiger partial charge is 0.399 e. The molecule has 0 amide bonds. The Bertz CT molecular complexity index is 501. The number of thioether (sulfide) groups is 1. The van der Waals surface area contributed by atoms with Crippen LogP contribution >= 0.6 is 11.8 Å². The first-order valence-corrected chi connectivity index (χ1v) is 9.38. The van der Waals surface area contributed by atoms with E-state index >= 15 is 0 Å². The summed E-state index contributed by atoms with van der Waals surface area (Å²) in [4.78, 5) is -0.127. The van der Waals surface area contributed by atoms with Gasteiger partial charge in [0, 0.05) is 12.2 Å². The van der Waals surface area contributed by atoms with Gasteiger partial charge in [0.05, 0.1) is 4.90 Å². The standard InChI is InChI=1S/C13H21FN2O2S2/c1-19-7-5-3-2-4-6-16-20(17,18)13-9-11(14)8-12(15)10-13/h8-10,16H,2-7,15H2,1H3. The quantitative estimate of drug-likeness (QED) is 0.542. The van der Waals surface area contributed by atoms with E-state index in [0.29, 0.717) is 6.54 Å². The Morgan fingerprint density at radius 1 is 1.20 bits per heavy atom. The third-order valence-electron chi connectivity index (χ3n) is 2.77. The van der Waals surface area contributed by atoms with Crippen LogP contribution in [0.25, 0.3) is 0 Å². The monoisotopic (exact) mass is 320 g/mol. The minimum absolute atomic E-state index is 0.0995. The highest BCUT2D eigenvalue weighted by Gasteiger charge is 2.14. The second-order valence-corrected chi connectivity index (χ2v) is 7.28. The fourth-order valence-corrected chi connectivity index (χ4v) is 3.39. The van der Waals surface area contributed by atoms with Crippen LogP contribution in [0, 0.1) is 5.82 Å². The Morgan fingerprint density at radius 2 is 1.90 bits per heavy atom. The average molecular weight is 320 g/mol. The van der Waals surface area contributed by atoms with Gasteiger partial charge in [-0.2, -0.15) is 11.8 Å². The van der Waals surface area contributed by atoms with Crippen molar-refractivity contribution in [1.82, 2.24) is 4.72 Å². The molecule has 114 valence electrons. The van der Waals surface area contributed by atoms with Crippen molar-refractivity contribution in [3.63, 3.8) is 0 Å². The first-order valence-electron chi connectivity index (χ1n) is 6.50. The van der Waals surface area contributed by atoms with E-state index in [4.69, 9.17) is 5.73 Å². The molecule has 1 rings (SSSR count). The van der Waals surface area contributed by atoms with Gasteiger partial charge in [0.15, 0.2) is 0 Å². The smallest absolute Gasteiger partial charge is 0.240 e. The van der Waals surface area contributed by atoms with Crippen molar-refractivity contribution in [2.45, 2.75) is 30.6 Å². The van der Waals surface area contributed by atoms with E-state index in [2.05, 4.69) is 11.0 Å². The van der Waals surface area contributed by atoms with Crippen LogP contribution in [-0.4, -0.2) is 27.0 Å². The number of hydrogen-bond donors (Lipinski definition) is 2. The summed E-state index contributed by atoms with van der Waals surface area (Å²) in [5, 5.41) is 0. The minimum Gasteiger partial charge on any atom is -0.399 e. The Morgan fingerprint density at radius 3 is 2.55 bits per heavy atom. The lowest BCUT2D eigenvalue weighted by atomic mass is 10.2. The summed E-state index contributed by atoms with van der Waals surface area (Å²) in [6, 6.07) is 3.31. The molecule has 0 aliphatic carbocycles. The molecule has 4 nitrogen and oxygen atoms in total. The SMILES string of the molecule is CSCCCCCCNS(=O)(=O)c1cc(N)cc(F)c1. The van der Waals surface area contributed by atoms with Gasteiger partial charge in [0.1, 0.15) is 5.82 Å². The van der Waals surface area contributed by atoms with Crippen LogP contribution in [0.1, 0.15) is 25.7 Å². The van der Waals surface area contributed by atoms with Crippen LogP contribution in [0.5, 0.6) is 0 Å². The number of halogens is 1. The fourth-order valence-electron chi connectivity index (χ4n) is 1.75. The predicted molar refractivity (Wildman–Crippen MR) is 82.9 cm³/mol. The predicted octanol–water partition coefficient (Wildman–Crippen LogP) is 2.61. The molecule has 0 heterocycles. The highest BCUT2D eigenvalue weighted by atomic mass is 32.2. The third-order valence-corrected chi connectivity index (χ3v) is 4.91. The number of nitrogen functional groups attached to an aromatic ring is 1. The van der Waals surface area contributed by atoms with Gasteiger partial charge in [-0.05, 0) is 43.0 Å². The van der Waals surface area contributed by atoms with Crippen molar-refractivity contribution in [2.75, 3.05) is 24.3 Å². The van der Waals surface area contributed by atoms with E-state index in [-0.39, 0.29) is 10.6 Å². The molecule has 0 atom stereocenters. The van der Waals surface area contributed by atoms with Crippen molar-refractivity contribution >= 4 is 27.5 Å². The molecule has 20 heavy (non-hydrogen) atoms. The van der Waals surface area contributed by atoms with E-state index in [1.807, 2.05) is 11.8 Å². The van der Waals surface area contributed by atoms with Crippen molar-refractivity contribution in [3.05, 3.63) is 24.0 Å². The molecule has 7 heteroatoms. The third kappa shape index (κ3) is 6.11. The molecule has 0 aromatic heterocycles. The molecule has 3 N–H and O–H groups in total. The van der Waals surface area contributed by atoms with Crippen molar-refractivity contribution < 1.29 is 12.8 Å². The van der Waals surface area contributed by atoms with Crippen molar-refractivity contribution in [1.29, 1.82) is 0 Å². The summed E-state index contributed by atoms with van der Waals surface area (Å²) in [5.41, 5.74) is 5.54. The summed E-state index contributed by atoms with van der Waals surface area (Å²) in [6.45, 7) is 0.359. The van der Waals surface area contributed by atoms with Gasteiger partial charge >= 0.3 is 0 Å². The molecule has 0 unspecified atom stereocenters. The topological polar surface area (TPSA) is 72.2 Å². The van der Waals surface area contributed by atoms with E-state index in [9.17, 15) is 12.8 Å². The van der Waals surface area contributed by atoms with Crippen LogP contribution in [0.2, 0.25) is 0 Å². The molecule has 0 saturated carbocycles. The molecule has 0 spiro atoms. The maximum atomic E-state index is 13.1. The number of anilines is 1. The molecule has 0 saturated heterocycles. The van der Waals surface area contributed by atoms with Gasteiger partial charge in [-0.1, -0.05) is 12.8 Å². The summed E-state index contributed by atoms with van der Waals surface area (Å²) < 4.78 is 39.5. The fraction of sp³-hybridized carbons (Fsp3) is 0.538. The number of nitrogens with one attached hydrogen (secondary N) is 1. The Balaban J connectivity index is 2.42. The number of rotatable bonds is 9. The number of nitrogens with two attached hydrogens (primary N) is 1. The van der Waals surface area contributed by atoms with Crippen LogP contribution in [-0.2, 0) is 10.0 Å². The molecule has 0 aliphatic rings. The van der Waals surface area contributed by atoms with E-state index in [1.165, 1.54) is 6.07 Å². The van der Waals surface area contributed by atoms with Gasteiger partial charge in [-0.25, -0.2) is 17.5 Å². The zero-order valence-electron chi connectivity index (χ0n) is 11.6. The average Bonchev–Trinajstić information content (AvgIpc) is 2.36. The summed E-state index contributed by atoms with van der Waals surface area (Å²) in [5.74, 6) is 0.483. The van der Waals surface area contributed by atoms with Crippen molar-refractivity contribution in [2.24, 2.45) is 0 Å². The zero-order chi connectivity index (χ0) is 15.0. The number of sulfonamides is 1. The summed E-state index contributed by atoms with van der Waals surface area (Å²) in [7, 11) is -3.68. The van der Waals surface area contributed by atoms with E-state index in [0.717, 1.165) is 43.6 Å². The Hall–Kier alpha value is -0.790. The number of benzene rings is 1. The number of hydrogen-bond acceptors (Lipinski definition) is 4. The second kappa shape index (κ2) is 8.49. The van der Waals surface area contributed by atoms with Crippen molar-refractivity contribution in [3.8, 4) is 0 Å². The minimum atomic E-state index is -3.68. The molecule has 0 radical (unpaired) electrons. The number of unbranched alkanes of at least 4 members (excludes halogenated alkanes) is 3. The van der Waals surface area contributed by atoms with E-state index in [1.54, 1.807) is 0 Å². The first kappa shape index (κ1) is 17.3. The van der Waals surface area contributed by atoms with Gasteiger partial charge in [-0.3, -0.25) is 0 Å². The maximum absolute atomic E-state index is 13.1. The highest BCUT2D eigenvalue weighted by Crippen LogP contribution is 2.15. The molecule has 1 aromatic rings. The molecule has 0 aliphatic heterocycles. The molecular formula is C13H21FN2O2S2. The summed E-state index contributed by atoms with van der Waals surface area (Å²) >= 11 is 1.81. The lowest BCUT2D eigenvalue weighted by Gasteiger charge is -2.07. The highest BCUT2D eigenvalue weighted by molar-refractivity contribution is 7.98. The van der Waals surface area contributed by atoms with Gasteiger partial charge < -0.3 is 5.73 Å². The molecule has 0 bridgehead atoms. The first-order chi connectivity index (χ1) is 9.45. The van der Waals surface area contributed by atoms with Crippen LogP contribution in [0.3, 0.4) is 0 Å². The molecule has 1 aromatic carbocycles. The molecular weight excluding hydrogens is 299 g/mol. The Kier molecular flexibility index (Phi) is 7.32.